The van der Waals surface area contributed by atoms with Gasteiger partial charge in [-0.15, -0.1) is 37.2 Å². The second kappa shape index (κ2) is 6.88. The summed E-state index contributed by atoms with van der Waals surface area (Å²) in [6.45, 7) is 2.01. The van der Waals surface area contributed by atoms with Crippen LogP contribution in [0.2, 0.25) is 0 Å². The second-order valence-corrected chi connectivity index (χ2v) is 2.65. The predicted molar refractivity (Wildman–Crippen MR) is 68.2 cm³/mol. The molecule has 0 aliphatic carbocycles. The standard InChI is InChI=1S/C10H9N.3ClH/c1-8-6-7-9-4-2-3-5-10(9)11-8;;;/h2-7H,1H3;3*1H. The summed E-state index contributed by atoms with van der Waals surface area (Å²) in [4.78, 5) is 4.38. The van der Waals surface area contributed by atoms with Gasteiger partial charge in [0.1, 0.15) is 0 Å². The van der Waals surface area contributed by atoms with Gasteiger partial charge >= 0.3 is 0 Å². The Bertz CT molecular complexity index is 390. The first-order valence-corrected chi connectivity index (χ1v) is 3.69. The Balaban J connectivity index is 0. The zero-order chi connectivity index (χ0) is 7.68. The van der Waals surface area contributed by atoms with Crippen LogP contribution in [0, 0.1) is 6.92 Å². The number of pyridine rings is 1. The number of hydrogen-bond acceptors (Lipinski definition) is 1. The highest BCUT2D eigenvalue weighted by atomic mass is 35.5. The second-order valence-electron chi connectivity index (χ2n) is 2.65. The van der Waals surface area contributed by atoms with E-state index in [-0.39, 0.29) is 37.2 Å². The molecule has 0 saturated carbocycles. The Kier molecular flexibility index (Phi) is 7.84. The van der Waals surface area contributed by atoms with E-state index in [9.17, 15) is 0 Å². The molecule has 0 bridgehead atoms. The molecule has 14 heavy (non-hydrogen) atoms. The summed E-state index contributed by atoms with van der Waals surface area (Å²) in [7, 11) is 0. The molecular formula is C10H12Cl3N. The predicted octanol–water partition coefficient (Wildman–Crippen LogP) is 3.81. The smallest absolute Gasteiger partial charge is 0.0705 e. The van der Waals surface area contributed by atoms with Gasteiger partial charge in [0.25, 0.3) is 0 Å². The van der Waals surface area contributed by atoms with Crippen LogP contribution in [0.5, 0.6) is 0 Å². The number of para-hydroxylation sites is 1. The Labute approximate surface area is 102 Å². The third kappa shape index (κ3) is 3.33. The fraction of sp³-hybridized carbons (Fsp3) is 0.100. The number of halogens is 3. The van der Waals surface area contributed by atoms with E-state index in [1.54, 1.807) is 0 Å². The molecule has 0 saturated heterocycles. The van der Waals surface area contributed by atoms with Gasteiger partial charge in [0.2, 0.25) is 0 Å². The maximum Gasteiger partial charge on any atom is 0.0705 e. The summed E-state index contributed by atoms with van der Waals surface area (Å²) in [5, 5.41) is 1.21. The van der Waals surface area contributed by atoms with Gasteiger partial charge in [-0.05, 0) is 19.1 Å². The minimum Gasteiger partial charge on any atom is -0.253 e. The van der Waals surface area contributed by atoms with E-state index >= 15 is 0 Å². The van der Waals surface area contributed by atoms with Gasteiger partial charge in [0.05, 0.1) is 5.52 Å². The summed E-state index contributed by atoms with van der Waals surface area (Å²) < 4.78 is 0. The van der Waals surface area contributed by atoms with Crippen molar-refractivity contribution in [2.24, 2.45) is 0 Å². The van der Waals surface area contributed by atoms with Gasteiger partial charge in [-0.1, -0.05) is 24.3 Å². The van der Waals surface area contributed by atoms with Crippen LogP contribution in [0.25, 0.3) is 10.9 Å². The molecule has 1 aromatic carbocycles. The van der Waals surface area contributed by atoms with Crippen LogP contribution in [0.1, 0.15) is 5.69 Å². The highest BCUT2D eigenvalue weighted by Crippen LogP contribution is 2.10. The third-order valence-corrected chi connectivity index (χ3v) is 1.74. The van der Waals surface area contributed by atoms with Gasteiger partial charge in [-0.2, -0.15) is 0 Å². The van der Waals surface area contributed by atoms with E-state index in [1.807, 2.05) is 31.2 Å². The van der Waals surface area contributed by atoms with E-state index in [4.69, 9.17) is 0 Å². The van der Waals surface area contributed by atoms with Crippen LogP contribution in [0.4, 0.5) is 0 Å². The van der Waals surface area contributed by atoms with Gasteiger partial charge in [0, 0.05) is 11.1 Å². The number of aryl methyl sites for hydroxylation is 1. The van der Waals surface area contributed by atoms with Crippen molar-refractivity contribution in [2.45, 2.75) is 6.92 Å². The van der Waals surface area contributed by atoms with Gasteiger partial charge in [-0.3, -0.25) is 4.98 Å². The first-order chi connectivity index (χ1) is 5.36. The van der Waals surface area contributed by atoms with Gasteiger partial charge in [0.15, 0.2) is 0 Å². The fourth-order valence-corrected chi connectivity index (χ4v) is 1.17. The molecular weight excluding hydrogens is 240 g/mol. The Morgan fingerprint density at radius 1 is 0.857 bits per heavy atom. The quantitative estimate of drug-likeness (QED) is 0.695. The third-order valence-electron chi connectivity index (χ3n) is 1.74. The topological polar surface area (TPSA) is 12.9 Å². The lowest BCUT2D eigenvalue weighted by atomic mass is 10.2. The molecule has 2 rings (SSSR count). The molecule has 1 heterocycles. The minimum absolute atomic E-state index is 0. The molecule has 0 unspecified atom stereocenters. The maximum atomic E-state index is 4.38. The molecule has 78 valence electrons. The van der Waals surface area contributed by atoms with Crippen LogP contribution in [-0.4, -0.2) is 4.98 Å². The lowest BCUT2D eigenvalue weighted by molar-refractivity contribution is 1.26. The molecule has 4 heteroatoms. The number of benzene rings is 1. The first-order valence-electron chi connectivity index (χ1n) is 3.69. The van der Waals surface area contributed by atoms with Gasteiger partial charge < -0.3 is 0 Å². The van der Waals surface area contributed by atoms with E-state index in [0.29, 0.717) is 0 Å². The number of hydrogen-bond donors (Lipinski definition) is 0. The molecule has 0 amide bonds. The summed E-state index contributed by atoms with van der Waals surface area (Å²) in [5.74, 6) is 0. The zero-order valence-electron chi connectivity index (χ0n) is 7.64. The Morgan fingerprint density at radius 3 is 2.21 bits per heavy atom. The fourth-order valence-electron chi connectivity index (χ4n) is 1.17. The van der Waals surface area contributed by atoms with Crippen molar-refractivity contribution in [3.05, 3.63) is 42.1 Å². The van der Waals surface area contributed by atoms with Crippen LogP contribution >= 0.6 is 37.2 Å². The van der Waals surface area contributed by atoms with Crippen molar-refractivity contribution in [3.63, 3.8) is 0 Å². The van der Waals surface area contributed by atoms with E-state index < -0.39 is 0 Å². The molecule has 0 spiro atoms. The Morgan fingerprint density at radius 2 is 1.50 bits per heavy atom. The first kappa shape index (κ1) is 15.9. The SMILES string of the molecule is Cc1ccc2ccccc2n1.Cl.Cl.Cl. The van der Waals surface area contributed by atoms with Crippen molar-refractivity contribution in [1.82, 2.24) is 4.98 Å². The lowest BCUT2D eigenvalue weighted by Gasteiger charge is -1.95. The molecule has 1 nitrogen and oxygen atoms in total. The van der Waals surface area contributed by atoms with Crippen LogP contribution in [0.3, 0.4) is 0 Å². The molecule has 2 aromatic rings. The van der Waals surface area contributed by atoms with Crippen molar-refractivity contribution in [1.29, 1.82) is 0 Å². The van der Waals surface area contributed by atoms with Crippen molar-refractivity contribution < 1.29 is 0 Å². The molecule has 0 N–H and O–H groups in total. The summed E-state index contributed by atoms with van der Waals surface area (Å²) in [6, 6.07) is 12.3. The average Bonchev–Trinajstić information content (AvgIpc) is 2.04. The number of rotatable bonds is 0. The summed E-state index contributed by atoms with van der Waals surface area (Å²) >= 11 is 0. The normalized spacial score (nSPS) is 8.07. The highest BCUT2D eigenvalue weighted by Gasteiger charge is 1.90. The van der Waals surface area contributed by atoms with E-state index in [2.05, 4.69) is 17.1 Å². The summed E-state index contributed by atoms with van der Waals surface area (Å²) in [5.41, 5.74) is 2.15. The maximum absolute atomic E-state index is 4.38. The molecule has 0 aliphatic heterocycles. The van der Waals surface area contributed by atoms with E-state index in [0.717, 1.165) is 11.2 Å². The molecule has 0 atom stereocenters. The average molecular weight is 253 g/mol. The number of nitrogens with zero attached hydrogens (tertiary/aromatic N) is 1. The van der Waals surface area contributed by atoms with Gasteiger partial charge in [-0.25, -0.2) is 0 Å². The zero-order valence-corrected chi connectivity index (χ0v) is 10.1. The van der Waals surface area contributed by atoms with Crippen molar-refractivity contribution in [3.8, 4) is 0 Å². The molecule has 0 fully saturated rings. The molecule has 1 aromatic heterocycles. The van der Waals surface area contributed by atoms with Crippen molar-refractivity contribution >= 4 is 48.1 Å². The lowest BCUT2D eigenvalue weighted by Crippen LogP contribution is -1.80. The largest absolute Gasteiger partial charge is 0.253 e. The van der Waals surface area contributed by atoms with Crippen LogP contribution in [-0.2, 0) is 0 Å². The van der Waals surface area contributed by atoms with Crippen LogP contribution in [0.15, 0.2) is 36.4 Å². The Hall–Kier alpha value is -0.500. The highest BCUT2D eigenvalue weighted by molar-refractivity contribution is 5.86. The monoisotopic (exact) mass is 251 g/mol. The van der Waals surface area contributed by atoms with E-state index in [1.165, 1.54) is 5.39 Å². The number of aromatic nitrogens is 1. The number of fused-ring (bicyclic) bond motifs is 1. The van der Waals surface area contributed by atoms with Crippen LogP contribution < -0.4 is 0 Å². The van der Waals surface area contributed by atoms with Crippen molar-refractivity contribution in [2.75, 3.05) is 0 Å². The molecule has 0 aliphatic rings. The summed E-state index contributed by atoms with van der Waals surface area (Å²) in [6.07, 6.45) is 0. The minimum atomic E-state index is 0. The molecule has 0 radical (unpaired) electrons.